The molecule has 184 valence electrons. The lowest BCUT2D eigenvalue weighted by molar-refractivity contribution is 0.0955. The molecule has 1 N–H and O–H groups in total. The Hall–Kier alpha value is -5.09. The summed E-state index contributed by atoms with van der Waals surface area (Å²) in [5.74, 6) is 1.39. The van der Waals surface area contributed by atoms with Gasteiger partial charge in [-0.2, -0.15) is 10.4 Å². The Morgan fingerprint density at radius 3 is 2.41 bits per heavy atom. The Balaban J connectivity index is 1.33. The van der Waals surface area contributed by atoms with Crippen LogP contribution in [-0.2, 0) is 6.61 Å². The van der Waals surface area contributed by atoms with Gasteiger partial charge in [0.25, 0.3) is 5.91 Å². The number of benzene rings is 4. The quantitative estimate of drug-likeness (QED) is 0.230. The van der Waals surface area contributed by atoms with Crippen LogP contribution in [0.2, 0.25) is 0 Å². The number of amides is 1. The van der Waals surface area contributed by atoms with Gasteiger partial charge in [0.15, 0.2) is 18.1 Å². The summed E-state index contributed by atoms with van der Waals surface area (Å²) in [6.45, 7) is 0.297. The number of hydrogen-bond acceptors (Lipinski definition) is 6. The van der Waals surface area contributed by atoms with Crippen molar-refractivity contribution in [1.29, 1.82) is 5.26 Å². The lowest BCUT2D eigenvalue weighted by Crippen LogP contribution is -2.17. The summed E-state index contributed by atoms with van der Waals surface area (Å²) in [5, 5.41) is 12.7. The minimum Gasteiger partial charge on any atom is -0.493 e. The van der Waals surface area contributed by atoms with Crippen LogP contribution >= 0.6 is 0 Å². The van der Waals surface area contributed by atoms with Gasteiger partial charge in [0, 0.05) is 11.1 Å². The van der Waals surface area contributed by atoms with E-state index in [2.05, 4.69) is 22.7 Å². The van der Waals surface area contributed by atoms with E-state index < -0.39 is 0 Å². The monoisotopic (exact) mass is 491 g/mol. The zero-order chi connectivity index (χ0) is 25.9. The zero-order valence-electron chi connectivity index (χ0n) is 20.3. The fraction of sp³-hybridized carbons (Fsp3) is 0.100. The number of nitrogens with zero attached hydrogens (tertiary/aromatic N) is 2. The molecule has 0 aliphatic rings. The highest BCUT2D eigenvalue weighted by atomic mass is 16.5. The van der Waals surface area contributed by atoms with Crippen molar-refractivity contribution in [3.63, 3.8) is 0 Å². The van der Waals surface area contributed by atoms with E-state index >= 15 is 0 Å². The van der Waals surface area contributed by atoms with Crippen molar-refractivity contribution >= 4 is 12.1 Å². The smallest absolute Gasteiger partial charge is 0.271 e. The number of hydrazone groups is 1. The summed E-state index contributed by atoms with van der Waals surface area (Å²) < 4.78 is 16.7. The molecule has 0 aliphatic carbocycles. The van der Waals surface area contributed by atoms with E-state index in [0.29, 0.717) is 29.2 Å². The highest BCUT2D eigenvalue weighted by Gasteiger charge is 2.08. The zero-order valence-corrected chi connectivity index (χ0v) is 20.3. The molecule has 0 aliphatic heterocycles. The van der Waals surface area contributed by atoms with Gasteiger partial charge in [-0.05, 0) is 53.1 Å². The number of nitriles is 1. The Bertz CT molecular complexity index is 1410. The van der Waals surface area contributed by atoms with Crippen molar-refractivity contribution in [2.24, 2.45) is 5.10 Å². The molecule has 7 nitrogen and oxygen atoms in total. The molecule has 0 radical (unpaired) electrons. The van der Waals surface area contributed by atoms with E-state index in [9.17, 15) is 4.79 Å². The molecule has 0 spiro atoms. The molecule has 0 aromatic heterocycles. The van der Waals surface area contributed by atoms with Crippen LogP contribution in [0.4, 0.5) is 0 Å². The molecule has 7 heteroatoms. The number of carbonyl (C=O) groups is 1. The van der Waals surface area contributed by atoms with Crippen LogP contribution in [0.15, 0.2) is 102 Å². The van der Waals surface area contributed by atoms with E-state index in [4.69, 9.17) is 19.5 Å². The molecule has 4 aromatic rings. The van der Waals surface area contributed by atoms with Crippen molar-refractivity contribution in [3.05, 3.63) is 114 Å². The fourth-order valence-corrected chi connectivity index (χ4v) is 3.59. The molecule has 0 unspecified atom stereocenters. The maximum Gasteiger partial charge on any atom is 0.271 e. The first-order valence-electron chi connectivity index (χ1n) is 11.6. The van der Waals surface area contributed by atoms with Crippen molar-refractivity contribution in [2.75, 3.05) is 13.7 Å². The van der Waals surface area contributed by atoms with E-state index in [1.54, 1.807) is 30.3 Å². The Labute approximate surface area is 215 Å². The van der Waals surface area contributed by atoms with Gasteiger partial charge in [-0.15, -0.1) is 0 Å². The van der Waals surface area contributed by atoms with Crippen LogP contribution in [0.3, 0.4) is 0 Å². The summed E-state index contributed by atoms with van der Waals surface area (Å²) in [7, 11) is 1.51. The summed E-state index contributed by atoms with van der Waals surface area (Å²) in [4.78, 5) is 12.5. The van der Waals surface area contributed by atoms with Gasteiger partial charge in [-0.25, -0.2) is 5.43 Å². The number of carbonyl (C=O) groups excluding carboxylic acids is 1. The molecule has 4 rings (SSSR count). The Kier molecular flexibility index (Phi) is 8.50. The maximum atomic E-state index is 12.5. The number of para-hydroxylation sites is 1. The molecule has 0 bridgehead atoms. The largest absolute Gasteiger partial charge is 0.493 e. The van der Waals surface area contributed by atoms with E-state index in [1.807, 2.05) is 60.7 Å². The second-order valence-electron chi connectivity index (χ2n) is 7.90. The minimum absolute atomic E-state index is 0.0776. The first-order valence-corrected chi connectivity index (χ1v) is 11.6. The number of nitrogens with one attached hydrogen (secondary N) is 1. The van der Waals surface area contributed by atoms with Gasteiger partial charge in [-0.1, -0.05) is 60.7 Å². The predicted octanol–water partition coefficient (Wildman–Crippen LogP) is 5.61. The van der Waals surface area contributed by atoms with Crippen molar-refractivity contribution < 1.29 is 19.0 Å². The van der Waals surface area contributed by atoms with Gasteiger partial charge >= 0.3 is 0 Å². The predicted molar refractivity (Wildman–Crippen MR) is 142 cm³/mol. The molecule has 0 saturated carbocycles. The van der Waals surface area contributed by atoms with Crippen LogP contribution in [0.1, 0.15) is 21.5 Å². The van der Waals surface area contributed by atoms with Crippen molar-refractivity contribution in [2.45, 2.75) is 6.61 Å². The highest BCUT2D eigenvalue weighted by Crippen LogP contribution is 2.30. The third kappa shape index (κ3) is 6.74. The third-order valence-corrected chi connectivity index (χ3v) is 5.44. The lowest BCUT2D eigenvalue weighted by atomic mass is 10.0. The Morgan fingerprint density at radius 2 is 1.65 bits per heavy atom. The van der Waals surface area contributed by atoms with Gasteiger partial charge in [0.1, 0.15) is 18.4 Å². The minimum atomic E-state index is -0.334. The van der Waals surface area contributed by atoms with Crippen LogP contribution in [0, 0.1) is 11.3 Å². The van der Waals surface area contributed by atoms with E-state index in [0.717, 1.165) is 22.4 Å². The average Bonchev–Trinajstić information content (AvgIpc) is 2.96. The van der Waals surface area contributed by atoms with Crippen LogP contribution in [0.5, 0.6) is 17.2 Å². The van der Waals surface area contributed by atoms with Crippen molar-refractivity contribution in [1.82, 2.24) is 5.43 Å². The number of ether oxygens (including phenoxy) is 3. The first kappa shape index (κ1) is 25.0. The maximum absolute atomic E-state index is 12.5. The first-order chi connectivity index (χ1) is 18.2. The summed E-state index contributed by atoms with van der Waals surface area (Å²) in [5.41, 5.74) is 6.75. The van der Waals surface area contributed by atoms with E-state index in [1.165, 1.54) is 13.3 Å². The number of hydrogen-bond donors (Lipinski definition) is 1. The third-order valence-electron chi connectivity index (χ3n) is 5.44. The summed E-state index contributed by atoms with van der Waals surface area (Å²) >= 11 is 0. The molecular formula is C30H25N3O4. The standard InChI is InChI=1S/C30H25N3O4/c1-35-29-19-23(13-16-28(29)36-18-17-31)20-32-33-30(34)25-14-11-22(12-15-25)21-37-27-10-6-5-9-26(27)24-7-3-2-4-8-24/h2-16,19-20H,18,21H2,1H3,(H,33,34)/b32-20+. The second kappa shape index (κ2) is 12.6. The molecule has 0 fully saturated rings. The Morgan fingerprint density at radius 1 is 0.892 bits per heavy atom. The number of rotatable bonds is 10. The fourth-order valence-electron chi connectivity index (χ4n) is 3.59. The normalized spacial score (nSPS) is 10.5. The molecule has 4 aromatic carbocycles. The molecule has 37 heavy (non-hydrogen) atoms. The van der Waals surface area contributed by atoms with Gasteiger partial charge < -0.3 is 14.2 Å². The molecular weight excluding hydrogens is 466 g/mol. The van der Waals surface area contributed by atoms with Crippen molar-refractivity contribution in [3.8, 4) is 34.4 Å². The average molecular weight is 492 g/mol. The summed E-state index contributed by atoms with van der Waals surface area (Å²) in [6, 6.07) is 32.2. The van der Waals surface area contributed by atoms with Gasteiger partial charge in [0.05, 0.1) is 13.3 Å². The highest BCUT2D eigenvalue weighted by molar-refractivity contribution is 5.95. The van der Waals surface area contributed by atoms with Gasteiger partial charge in [-0.3, -0.25) is 4.79 Å². The van der Waals surface area contributed by atoms with Gasteiger partial charge in [0.2, 0.25) is 0 Å². The topological polar surface area (TPSA) is 92.9 Å². The molecule has 0 saturated heterocycles. The SMILES string of the molecule is COc1cc(/C=N/NC(=O)c2ccc(COc3ccccc3-c3ccccc3)cc2)ccc1OCC#N. The molecule has 1 amide bonds. The lowest BCUT2D eigenvalue weighted by Gasteiger charge is -2.12. The molecule has 0 atom stereocenters. The van der Waals surface area contributed by atoms with E-state index in [-0.39, 0.29) is 12.5 Å². The molecule has 0 heterocycles. The van der Waals surface area contributed by atoms with Crippen LogP contribution in [-0.4, -0.2) is 25.8 Å². The van der Waals surface area contributed by atoms with Crippen LogP contribution in [0.25, 0.3) is 11.1 Å². The second-order valence-corrected chi connectivity index (χ2v) is 7.90. The number of methoxy groups -OCH3 is 1. The summed E-state index contributed by atoms with van der Waals surface area (Å²) in [6.07, 6.45) is 1.50. The van der Waals surface area contributed by atoms with Crippen LogP contribution < -0.4 is 19.6 Å².